The average Bonchev–Trinajstić information content (AvgIpc) is 2.21. The van der Waals surface area contributed by atoms with E-state index >= 15 is 0 Å². The van der Waals surface area contributed by atoms with Crippen LogP contribution in [0, 0.1) is 12.0 Å². The van der Waals surface area contributed by atoms with Gasteiger partial charge in [0.1, 0.15) is 6.11 Å². The highest BCUT2D eigenvalue weighted by molar-refractivity contribution is 4.88. The van der Waals surface area contributed by atoms with Crippen LogP contribution in [-0.2, 0) is 0 Å². The molecule has 0 aliphatic heterocycles. The summed E-state index contributed by atoms with van der Waals surface area (Å²) >= 11 is 0. The van der Waals surface area contributed by atoms with Gasteiger partial charge in [-0.3, -0.25) is 0 Å². The molecule has 0 unspecified atom stereocenters. The molecule has 0 bridgehead atoms. The van der Waals surface area contributed by atoms with E-state index in [1.807, 2.05) is 6.11 Å². The Morgan fingerprint density at radius 3 is 1.79 bits per heavy atom. The van der Waals surface area contributed by atoms with Crippen molar-refractivity contribution in [3.05, 3.63) is 0 Å². The lowest BCUT2D eigenvalue weighted by atomic mass is 10.1. The lowest BCUT2D eigenvalue weighted by Gasteiger charge is -1.99. The summed E-state index contributed by atoms with van der Waals surface area (Å²) in [4.78, 5) is 0. The highest BCUT2D eigenvalue weighted by Gasteiger charge is 1.90. The summed E-state index contributed by atoms with van der Waals surface area (Å²) in [6.07, 6.45) is 14.8. The molecule has 0 heterocycles. The number of hydrogen-bond donors (Lipinski definition) is 1. The SMILES string of the molecule is CCCCCCCCCCCC#CO. The van der Waals surface area contributed by atoms with Gasteiger partial charge in [0.2, 0.25) is 0 Å². The molecule has 1 nitrogen and oxygen atoms in total. The molecule has 0 atom stereocenters. The quantitative estimate of drug-likeness (QED) is 0.432. The molecule has 0 aliphatic rings. The van der Waals surface area contributed by atoms with Gasteiger partial charge < -0.3 is 5.11 Å². The van der Waals surface area contributed by atoms with E-state index in [1.54, 1.807) is 0 Å². The Balaban J connectivity index is 2.87. The molecule has 0 aromatic rings. The second kappa shape index (κ2) is 12.4. The Labute approximate surface area is 88.9 Å². The van der Waals surface area contributed by atoms with Crippen molar-refractivity contribution in [3.8, 4) is 12.0 Å². The van der Waals surface area contributed by atoms with Gasteiger partial charge in [-0.2, -0.15) is 0 Å². The van der Waals surface area contributed by atoms with Crippen molar-refractivity contribution in [3.63, 3.8) is 0 Å². The molecule has 0 spiro atoms. The van der Waals surface area contributed by atoms with E-state index in [9.17, 15) is 0 Å². The predicted octanol–water partition coefficient (Wildman–Crippen LogP) is 4.24. The van der Waals surface area contributed by atoms with Gasteiger partial charge in [0.05, 0.1) is 0 Å². The summed E-state index contributed by atoms with van der Waals surface area (Å²) in [5, 5.41) is 8.23. The number of aliphatic hydroxyl groups is 1. The van der Waals surface area contributed by atoms with Crippen LogP contribution < -0.4 is 0 Å². The lowest BCUT2D eigenvalue weighted by molar-refractivity contribution is 0.515. The number of aliphatic hydroxyl groups excluding tert-OH is 1. The molecule has 14 heavy (non-hydrogen) atoms. The fourth-order valence-electron chi connectivity index (χ4n) is 1.58. The first kappa shape index (κ1) is 13.4. The minimum absolute atomic E-state index is 0.854. The van der Waals surface area contributed by atoms with E-state index in [-0.39, 0.29) is 0 Å². The molecule has 0 aliphatic carbocycles. The summed E-state index contributed by atoms with van der Waals surface area (Å²) in [5.74, 6) is 2.67. The van der Waals surface area contributed by atoms with Crippen LogP contribution in [0.1, 0.15) is 71.1 Å². The average molecular weight is 196 g/mol. The first-order chi connectivity index (χ1) is 6.91. The van der Waals surface area contributed by atoms with Gasteiger partial charge in [-0.25, -0.2) is 0 Å². The zero-order chi connectivity index (χ0) is 10.5. The lowest BCUT2D eigenvalue weighted by Crippen LogP contribution is -1.80. The highest BCUT2D eigenvalue weighted by Crippen LogP contribution is 2.09. The zero-order valence-corrected chi connectivity index (χ0v) is 9.52. The molecule has 0 saturated carbocycles. The number of hydrogen-bond acceptors (Lipinski definition) is 1. The Bertz CT molecular complexity index is 152. The van der Waals surface area contributed by atoms with Crippen LogP contribution in [0.5, 0.6) is 0 Å². The van der Waals surface area contributed by atoms with E-state index in [4.69, 9.17) is 5.11 Å². The maximum absolute atomic E-state index is 8.23. The van der Waals surface area contributed by atoms with Crippen LogP contribution in [0.25, 0.3) is 0 Å². The largest absolute Gasteiger partial charge is 0.462 e. The van der Waals surface area contributed by atoms with Crippen LogP contribution in [0.3, 0.4) is 0 Å². The van der Waals surface area contributed by atoms with Crippen LogP contribution in [0.15, 0.2) is 0 Å². The third kappa shape index (κ3) is 11.4. The molecule has 0 fully saturated rings. The van der Waals surface area contributed by atoms with Crippen LogP contribution in [0.4, 0.5) is 0 Å². The van der Waals surface area contributed by atoms with Crippen LogP contribution in [0.2, 0.25) is 0 Å². The van der Waals surface area contributed by atoms with E-state index in [2.05, 4.69) is 12.8 Å². The number of unbranched alkanes of at least 4 members (excludes halogenated alkanes) is 9. The predicted molar refractivity (Wildman–Crippen MR) is 61.6 cm³/mol. The van der Waals surface area contributed by atoms with Gasteiger partial charge in [-0.05, 0) is 6.42 Å². The first-order valence-electron chi connectivity index (χ1n) is 6.03. The molecule has 82 valence electrons. The molecular weight excluding hydrogens is 172 g/mol. The summed E-state index contributed by atoms with van der Waals surface area (Å²) in [6, 6.07) is 0. The van der Waals surface area contributed by atoms with Crippen molar-refractivity contribution >= 4 is 0 Å². The Morgan fingerprint density at radius 1 is 0.786 bits per heavy atom. The van der Waals surface area contributed by atoms with Crippen LogP contribution >= 0.6 is 0 Å². The smallest absolute Gasteiger partial charge is 0.107 e. The van der Waals surface area contributed by atoms with Gasteiger partial charge >= 0.3 is 0 Å². The van der Waals surface area contributed by atoms with E-state index < -0.39 is 0 Å². The van der Waals surface area contributed by atoms with Gasteiger partial charge in [0, 0.05) is 6.42 Å². The van der Waals surface area contributed by atoms with Gasteiger partial charge in [0.15, 0.2) is 0 Å². The Morgan fingerprint density at radius 2 is 1.29 bits per heavy atom. The molecule has 1 heteroatoms. The monoisotopic (exact) mass is 196 g/mol. The summed E-state index contributed by atoms with van der Waals surface area (Å²) < 4.78 is 0. The normalized spacial score (nSPS) is 9.50. The van der Waals surface area contributed by atoms with Crippen molar-refractivity contribution in [2.24, 2.45) is 0 Å². The van der Waals surface area contributed by atoms with Crippen molar-refractivity contribution in [2.45, 2.75) is 71.1 Å². The minimum atomic E-state index is 0.854. The number of rotatable bonds is 9. The summed E-state index contributed by atoms with van der Waals surface area (Å²) in [6.45, 7) is 2.25. The standard InChI is InChI=1S/C13H24O/c1-2-3-4-5-6-7-8-9-10-11-12-13-14/h14H,2-11H2,1H3. The van der Waals surface area contributed by atoms with Crippen molar-refractivity contribution in [1.82, 2.24) is 0 Å². The molecule has 0 saturated heterocycles. The molecular formula is C13H24O. The summed E-state index contributed by atoms with van der Waals surface area (Å²) in [5.41, 5.74) is 0. The maximum atomic E-state index is 8.23. The molecule has 0 rings (SSSR count). The van der Waals surface area contributed by atoms with Crippen LogP contribution in [-0.4, -0.2) is 5.11 Å². The highest BCUT2D eigenvalue weighted by atomic mass is 16.2. The third-order valence-electron chi connectivity index (χ3n) is 2.48. The van der Waals surface area contributed by atoms with E-state index in [0.717, 1.165) is 12.8 Å². The minimum Gasteiger partial charge on any atom is -0.462 e. The van der Waals surface area contributed by atoms with Crippen molar-refractivity contribution < 1.29 is 5.11 Å². The molecule has 1 N–H and O–H groups in total. The fourth-order valence-corrected chi connectivity index (χ4v) is 1.58. The zero-order valence-electron chi connectivity index (χ0n) is 9.52. The van der Waals surface area contributed by atoms with Gasteiger partial charge in [-0.1, -0.05) is 64.2 Å². The van der Waals surface area contributed by atoms with Crippen molar-refractivity contribution in [1.29, 1.82) is 0 Å². The van der Waals surface area contributed by atoms with Crippen molar-refractivity contribution in [2.75, 3.05) is 0 Å². The topological polar surface area (TPSA) is 20.2 Å². The van der Waals surface area contributed by atoms with Gasteiger partial charge in [0.25, 0.3) is 0 Å². The Kier molecular flexibility index (Phi) is 11.8. The molecule has 0 radical (unpaired) electrons. The fraction of sp³-hybridized carbons (Fsp3) is 0.846. The molecule has 0 aromatic carbocycles. The second-order valence-electron chi connectivity index (χ2n) is 3.87. The molecule has 0 amide bonds. The van der Waals surface area contributed by atoms with Gasteiger partial charge in [-0.15, -0.1) is 0 Å². The van der Waals surface area contributed by atoms with E-state index in [0.29, 0.717) is 0 Å². The third-order valence-corrected chi connectivity index (χ3v) is 2.48. The Hall–Kier alpha value is -0.640. The summed E-state index contributed by atoms with van der Waals surface area (Å²) in [7, 11) is 0. The van der Waals surface area contributed by atoms with E-state index in [1.165, 1.54) is 51.4 Å². The first-order valence-corrected chi connectivity index (χ1v) is 6.03. The second-order valence-corrected chi connectivity index (χ2v) is 3.87. The maximum Gasteiger partial charge on any atom is 0.107 e. The molecule has 0 aromatic heterocycles.